The summed E-state index contributed by atoms with van der Waals surface area (Å²) in [4.78, 5) is 15.9. The van der Waals surface area contributed by atoms with Crippen molar-refractivity contribution >= 4 is 11.6 Å². The molecule has 3 aromatic rings. The van der Waals surface area contributed by atoms with E-state index in [2.05, 4.69) is 93.3 Å². The highest BCUT2D eigenvalue weighted by atomic mass is 16.2. The minimum absolute atomic E-state index is 0.0684. The van der Waals surface area contributed by atoms with Gasteiger partial charge in [0.15, 0.2) is 0 Å². The van der Waals surface area contributed by atoms with Gasteiger partial charge in [0.1, 0.15) is 0 Å². The topological polar surface area (TPSA) is 35.9 Å². The van der Waals surface area contributed by atoms with Crippen molar-refractivity contribution in [2.24, 2.45) is 5.10 Å². The van der Waals surface area contributed by atoms with Gasteiger partial charge in [-0.1, -0.05) is 60.2 Å². The minimum Gasteiger partial charge on any atom is -0.290 e. The van der Waals surface area contributed by atoms with Crippen LogP contribution in [0.4, 0.5) is 0 Å². The summed E-state index contributed by atoms with van der Waals surface area (Å²) in [6.45, 7) is 10.6. The molecule has 3 aromatic carbocycles. The number of hydrogen-bond acceptors (Lipinski definition) is 3. The Morgan fingerprint density at radius 2 is 1.68 bits per heavy atom. The first-order chi connectivity index (χ1) is 16.4. The van der Waals surface area contributed by atoms with Gasteiger partial charge in [-0.05, 0) is 79.1 Å². The zero-order chi connectivity index (χ0) is 23.8. The van der Waals surface area contributed by atoms with Crippen molar-refractivity contribution in [2.45, 2.75) is 53.1 Å². The Labute approximate surface area is 202 Å². The summed E-state index contributed by atoms with van der Waals surface area (Å²) < 4.78 is 0. The van der Waals surface area contributed by atoms with Gasteiger partial charge in [-0.25, -0.2) is 5.01 Å². The van der Waals surface area contributed by atoms with Crippen molar-refractivity contribution in [3.63, 3.8) is 0 Å². The van der Waals surface area contributed by atoms with Crippen molar-refractivity contribution in [2.75, 3.05) is 13.1 Å². The Hall–Kier alpha value is -3.24. The molecule has 4 nitrogen and oxygen atoms in total. The lowest BCUT2D eigenvalue weighted by atomic mass is 9.93. The van der Waals surface area contributed by atoms with Crippen molar-refractivity contribution in [1.82, 2.24) is 9.91 Å². The van der Waals surface area contributed by atoms with E-state index in [1.807, 2.05) is 0 Å². The summed E-state index contributed by atoms with van der Waals surface area (Å²) in [7, 11) is 0. The third-order valence-electron chi connectivity index (χ3n) is 7.37. The van der Waals surface area contributed by atoms with Crippen LogP contribution in [-0.4, -0.2) is 34.6 Å². The van der Waals surface area contributed by atoms with Crippen LogP contribution in [0.2, 0.25) is 0 Å². The molecule has 0 unspecified atom stereocenters. The molecule has 2 aliphatic heterocycles. The molecular weight excluding hydrogens is 418 g/mol. The number of nitrogens with zero attached hydrogens (tertiary/aromatic N) is 3. The SMILES string of the molecule is Cc1ccc(C)c([C@H]2CC(c3ccc(C)c(C)c3)=NN2C(=O)CN2CCc3ccccc3C2)c1. The Balaban J connectivity index is 1.44. The molecule has 0 saturated heterocycles. The van der Waals surface area contributed by atoms with E-state index in [4.69, 9.17) is 5.10 Å². The molecule has 0 aliphatic carbocycles. The largest absolute Gasteiger partial charge is 0.290 e. The highest BCUT2D eigenvalue weighted by molar-refractivity contribution is 6.03. The fraction of sp³-hybridized carbons (Fsp3) is 0.333. The van der Waals surface area contributed by atoms with Gasteiger partial charge in [-0.3, -0.25) is 9.69 Å². The van der Waals surface area contributed by atoms with E-state index in [0.717, 1.165) is 37.2 Å². The number of aryl methyl sites for hydroxylation is 4. The molecule has 1 atom stereocenters. The van der Waals surface area contributed by atoms with Gasteiger partial charge in [-0.2, -0.15) is 5.10 Å². The summed E-state index contributed by atoms with van der Waals surface area (Å²) in [6, 6.07) is 21.5. The van der Waals surface area contributed by atoms with Gasteiger partial charge in [0.2, 0.25) is 0 Å². The summed E-state index contributed by atoms with van der Waals surface area (Å²) in [6.07, 6.45) is 1.72. The van der Waals surface area contributed by atoms with E-state index in [0.29, 0.717) is 6.54 Å². The number of amides is 1. The first-order valence-corrected chi connectivity index (χ1v) is 12.2. The molecule has 0 saturated carbocycles. The predicted molar refractivity (Wildman–Crippen MR) is 138 cm³/mol. The van der Waals surface area contributed by atoms with Crippen LogP contribution in [0.3, 0.4) is 0 Å². The van der Waals surface area contributed by atoms with Crippen LogP contribution in [0.25, 0.3) is 0 Å². The number of fused-ring (bicyclic) bond motifs is 1. The summed E-state index contributed by atoms with van der Waals surface area (Å²) in [5.74, 6) is 0.0733. The number of carbonyl (C=O) groups excluding carboxylic acids is 1. The molecule has 34 heavy (non-hydrogen) atoms. The fourth-order valence-corrected chi connectivity index (χ4v) is 5.15. The van der Waals surface area contributed by atoms with Crippen LogP contribution >= 0.6 is 0 Å². The monoisotopic (exact) mass is 451 g/mol. The summed E-state index contributed by atoms with van der Waals surface area (Å²) in [5.41, 5.74) is 11.0. The molecule has 1 amide bonds. The quantitative estimate of drug-likeness (QED) is 0.513. The smallest absolute Gasteiger partial charge is 0.257 e. The lowest BCUT2D eigenvalue weighted by Crippen LogP contribution is -2.40. The van der Waals surface area contributed by atoms with Crippen molar-refractivity contribution in [3.8, 4) is 0 Å². The molecule has 0 spiro atoms. The van der Waals surface area contributed by atoms with E-state index in [-0.39, 0.29) is 11.9 Å². The number of hydrogen-bond donors (Lipinski definition) is 0. The van der Waals surface area contributed by atoms with Gasteiger partial charge in [0.25, 0.3) is 5.91 Å². The van der Waals surface area contributed by atoms with Crippen LogP contribution < -0.4 is 0 Å². The molecule has 2 heterocycles. The van der Waals surface area contributed by atoms with Crippen LogP contribution in [-0.2, 0) is 17.8 Å². The second-order valence-corrected chi connectivity index (χ2v) is 9.89. The Kier molecular flexibility index (Phi) is 6.09. The van der Waals surface area contributed by atoms with Crippen molar-refractivity contribution in [3.05, 3.63) is 105 Å². The molecule has 174 valence electrons. The average molecular weight is 452 g/mol. The number of carbonyl (C=O) groups is 1. The maximum absolute atomic E-state index is 13.7. The van der Waals surface area contributed by atoms with E-state index in [1.165, 1.54) is 38.9 Å². The lowest BCUT2D eigenvalue weighted by molar-refractivity contribution is -0.134. The molecule has 0 radical (unpaired) electrons. The Bertz CT molecular complexity index is 1280. The second kappa shape index (κ2) is 9.19. The number of hydrazone groups is 1. The van der Waals surface area contributed by atoms with Crippen LogP contribution in [0.1, 0.15) is 57.0 Å². The molecule has 0 N–H and O–H groups in total. The first-order valence-electron chi connectivity index (χ1n) is 12.2. The molecule has 0 bridgehead atoms. The first kappa shape index (κ1) is 22.5. The van der Waals surface area contributed by atoms with Gasteiger partial charge >= 0.3 is 0 Å². The van der Waals surface area contributed by atoms with E-state index >= 15 is 0 Å². The maximum Gasteiger partial charge on any atom is 0.257 e. The van der Waals surface area contributed by atoms with E-state index in [1.54, 1.807) is 5.01 Å². The summed E-state index contributed by atoms with van der Waals surface area (Å²) >= 11 is 0. The molecule has 5 rings (SSSR count). The molecule has 2 aliphatic rings. The third-order valence-corrected chi connectivity index (χ3v) is 7.37. The van der Waals surface area contributed by atoms with Gasteiger partial charge in [0.05, 0.1) is 18.3 Å². The number of benzene rings is 3. The molecule has 0 fully saturated rings. The second-order valence-electron chi connectivity index (χ2n) is 9.89. The summed E-state index contributed by atoms with van der Waals surface area (Å²) in [5, 5.41) is 6.71. The average Bonchev–Trinajstić information content (AvgIpc) is 3.28. The van der Waals surface area contributed by atoms with Crippen LogP contribution in [0, 0.1) is 27.7 Å². The fourth-order valence-electron chi connectivity index (χ4n) is 5.15. The molecule has 4 heteroatoms. The van der Waals surface area contributed by atoms with Crippen molar-refractivity contribution < 1.29 is 4.79 Å². The van der Waals surface area contributed by atoms with Gasteiger partial charge in [-0.15, -0.1) is 0 Å². The normalized spacial score (nSPS) is 18.1. The zero-order valence-corrected chi connectivity index (χ0v) is 20.6. The van der Waals surface area contributed by atoms with Crippen molar-refractivity contribution in [1.29, 1.82) is 0 Å². The van der Waals surface area contributed by atoms with Crippen LogP contribution in [0.15, 0.2) is 65.8 Å². The minimum atomic E-state index is -0.0684. The van der Waals surface area contributed by atoms with E-state index in [9.17, 15) is 4.79 Å². The Morgan fingerprint density at radius 1 is 0.912 bits per heavy atom. The van der Waals surface area contributed by atoms with Gasteiger partial charge in [0, 0.05) is 19.5 Å². The van der Waals surface area contributed by atoms with Crippen LogP contribution in [0.5, 0.6) is 0 Å². The maximum atomic E-state index is 13.7. The lowest BCUT2D eigenvalue weighted by Gasteiger charge is -2.30. The van der Waals surface area contributed by atoms with E-state index < -0.39 is 0 Å². The highest BCUT2D eigenvalue weighted by Gasteiger charge is 2.35. The standard InChI is InChI=1S/C30H33N3O/c1-20-9-10-22(3)27(15-20)29-17-28(25-12-11-21(2)23(4)16-25)31-33(29)30(34)19-32-14-13-24-7-5-6-8-26(24)18-32/h5-12,15-16,29H,13-14,17-19H2,1-4H3/t29-/m1/s1. The number of rotatable bonds is 4. The molecule has 0 aromatic heterocycles. The molecular formula is C30H33N3O. The zero-order valence-electron chi connectivity index (χ0n) is 20.6. The highest BCUT2D eigenvalue weighted by Crippen LogP contribution is 2.35. The van der Waals surface area contributed by atoms with Gasteiger partial charge < -0.3 is 0 Å². The Morgan fingerprint density at radius 3 is 2.47 bits per heavy atom. The predicted octanol–water partition coefficient (Wildman–Crippen LogP) is 5.66. The third kappa shape index (κ3) is 4.43.